The Balaban J connectivity index is 2.73. The third kappa shape index (κ3) is 2.80. The molecule has 1 unspecified atom stereocenters. The second-order valence-electron chi connectivity index (χ2n) is 3.68. The summed E-state index contributed by atoms with van der Waals surface area (Å²) in [5.74, 6) is 0.147. The van der Waals surface area contributed by atoms with E-state index in [0.29, 0.717) is 5.33 Å². The van der Waals surface area contributed by atoms with E-state index in [0.717, 1.165) is 32.2 Å². The molecule has 1 aliphatic rings. The van der Waals surface area contributed by atoms with E-state index in [1.807, 2.05) is 0 Å². The van der Waals surface area contributed by atoms with Crippen molar-refractivity contribution in [3.8, 4) is 0 Å². The van der Waals surface area contributed by atoms with Gasteiger partial charge in [-0.1, -0.05) is 28.8 Å². The number of Topliss-reactive ketones (excluding diaryl/α,β-unsaturated/α-hetero) is 1. The van der Waals surface area contributed by atoms with Crippen LogP contribution in [0.5, 0.6) is 0 Å². The summed E-state index contributed by atoms with van der Waals surface area (Å²) in [6, 6.07) is -0.186. The second-order valence-corrected chi connectivity index (χ2v) is 4.24. The van der Waals surface area contributed by atoms with Crippen molar-refractivity contribution >= 4 is 27.6 Å². The zero-order chi connectivity index (χ0) is 10.6. The standard InChI is InChI=1S/C10H16BrNO2/c1-8(13)12-6-4-2-3-5-9(12)10(14)7-11/h9H,2-7H2,1H3. The molecule has 1 rings (SSSR count). The van der Waals surface area contributed by atoms with Crippen molar-refractivity contribution in [3.05, 3.63) is 0 Å². The minimum Gasteiger partial charge on any atom is -0.333 e. The second kappa shape index (κ2) is 5.49. The highest BCUT2D eigenvalue weighted by Gasteiger charge is 2.27. The first-order chi connectivity index (χ1) is 6.66. The van der Waals surface area contributed by atoms with Crippen molar-refractivity contribution in [3.63, 3.8) is 0 Å². The fraction of sp³-hybridized carbons (Fsp3) is 0.800. The van der Waals surface area contributed by atoms with Crippen LogP contribution >= 0.6 is 15.9 Å². The minimum atomic E-state index is -0.186. The molecule has 0 aromatic heterocycles. The van der Waals surface area contributed by atoms with Gasteiger partial charge in [-0.15, -0.1) is 0 Å². The molecule has 4 heteroatoms. The van der Waals surface area contributed by atoms with E-state index in [-0.39, 0.29) is 17.7 Å². The normalized spacial score (nSPS) is 23.0. The van der Waals surface area contributed by atoms with E-state index in [9.17, 15) is 9.59 Å². The van der Waals surface area contributed by atoms with Crippen molar-refractivity contribution in [2.24, 2.45) is 0 Å². The van der Waals surface area contributed by atoms with Gasteiger partial charge in [0.15, 0.2) is 5.78 Å². The highest BCUT2D eigenvalue weighted by Crippen LogP contribution is 2.18. The summed E-state index contributed by atoms with van der Waals surface area (Å²) in [6.45, 7) is 2.28. The van der Waals surface area contributed by atoms with Crippen LogP contribution in [0.4, 0.5) is 0 Å². The molecular formula is C10H16BrNO2. The SMILES string of the molecule is CC(=O)N1CCCCCC1C(=O)CBr. The van der Waals surface area contributed by atoms with E-state index in [2.05, 4.69) is 15.9 Å². The molecule has 1 atom stereocenters. The molecule has 0 aromatic carbocycles. The monoisotopic (exact) mass is 261 g/mol. The summed E-state index contributed by atoms with van der Waals surface area (Å²) in [6.07, 6.45) is 4.01. The average molecular weight is 262 g/mol. The molecular weight excluding hydrogens is 246 g/mol. The third-order valence-corrected chi connectivity index (χ3v) is 3.21. The van der Waals surface area contributed by atoms with Crippen LogP contribution in [0.15, 0.2) is 0 Å². The van der Waals surface area contributed by atoms with Crippen LogP contribution in [-0.2, 0) is 9.59 Å². The van der Waals surface area contributed by atoms with Crippen LogP contribution in [0.2, 0.25) is 0 Å². The maximum Gasteiger partial charge on any atom is 0.220 e. The van der Waals surface area contributed by atoms with Gasteiger partial charge >= 0.3 is 0 Å². The number of nitrogens with zero attached hydrogens (tertiary/aromatic N) is 1. The number of hydrogen-bond acceptors (Lipinski definition) is 2. The number of likely N-dealkylation sites (tertiary alicyclic amines) is 1. The molecule has 1 amide bonds. The zero-order valence-electron chi connectivity index (χ0n) is 8.46. The highest BCUT2D eigenvalue weighted by atomic mass is 79.9. The third-order valence-electron chi connectivity index (χ3n) is 2.66. The van der Waals surface area contributed by atoms with Crippen LogP contribution < -0.4 is 0 Å². The predicted molar refractivity (Wildman–Crippen MR) is 58.4 cm³/mol. The fourth-order valence-corrected chi connectivity index (χ4v) is 2.28. The molecule has 1 aliphatic heterocycles. The number of carbonyl (C=O) groups is 2. The summed E-state index contributed by atoms with van der Waals surface area (Å²) in [5, 5.41) is 0.349. The number of ketones is 1. The van der Waals surface area contributed by atoms with E-state index in [1.54, 1.807) is 11.8 Å². The van der Waals surface area contributed by atoms with Gasteiger partial charge in [-0.2, -0.15) is 0 Å². The Morgan fingerprint density at radius 3 is 2.64 bits per heavy atom. The van der Waals surface area contributed by atoms with Crippen molar-refractivity contribution in [1.82, 2.24) is 4.90 Å². The molecule has 0 spiro atoms. The van der Waals surface area contributed by atoms with Crippen molar-refractivity contribution in [2.75, 3.05) is 11.9 Å². The lowest BCUT2D eigenvalue weighted by atomic mass is 10.1. The summed E-state index contributed by atoms with van der Waals surface area (Å²) < 4.78 is 0. The van der Waals surface area contributed by atoms with Crippen LogP contribution in [0.25, 0.3) is 0 Å². The Kier molecular flexibility index (Phi) is 4.58. The lowest BCUT2D eigenvalue weighted by molar-refractivity contribution is -0.136. The Labute approximate surface area is 93.0 Å². The molecule has 1 heterocycles. The van der Waals surface area contributed by atoms with Crippen LogP contribution in [0.3, 0.4) is 0 Å². The lowest BCUT2D eigenvalue weighted by Crippen LogP contribution is -2.44. The van der Waals surface area contributed by atoms with Gasteiger partial charge in [-0.3, -0.25) is 9.59 Å². The first-order valence-corrected chi connectivity index (χ1v) is 6.15. The quantitative estimate of drug-likeness (QED) is 0.711. The molecule has 3 nitrogen and oxygen atoms in total. The maximum atomic E-state index is 11.6. The van der Waals surface area contributed by atoms with Crippen molar-refractivity contribution < 1.29 is 9.59 Å². The molecule has 0 saturated carbocycles. The first kappa shape index (κ1) is 11.7. The smallest absolute Gasteiger partial charge is 0.220 e. The highest BCUT2D eigenvalue weighted by molar-refractivity contribution is 9.09. The number of amides is 1. The Hall–Kier alpha value is -0.380. The van der Waals surface area contributed by atoms with Gasteiger partial charge in [-0.25, -0.2) is 0 Å². The Bertz CT molecular complexity index is 230. The summed E-state index contributed by atoms with van der Waals surface area (Å²) >= 11 is 3.16. The molecule has 0 bridgehead atoms. The van der Waals surface area contributed by atoms with Gasteiger partial charge in [0.2, 0.25) is 5.91 Å². The Morgan fingerprint density at radius 1 is 1.36 bits per heavy atom. The van der Waals surface area contributed by atoms with Gasteiger partial charge in [0.1, 0.15) is 0 Å². The zero-order valence-corrected chi connectivity index (χ0v) is 10.0. The number of carbonyl (C=O) groups excluding carboxylic acids is 2. The number of hydrogen-bond donors (Lipinski definition) is 0. The van der Waals surface area contributed by atoms with E-state index in [4.69, 9.17) is 0 Å². The van der Waals surface area contributed by atoms with Crippen molar-refractivity contribution in [2.45, 2.75) is 38.6 Å². The number of alkyl halides is 1. The summed E-state index contributed by atoms with van der Waals surface area (Å²) in [7, 11) is 0. The van der Waals surface area contributed by atoms with Gasteiger partial charge in [0.25, 0.3) is 0 Å². The molecule has 14 heavy (non-hydrogen) atoms. The van der Waals surface area contributed by atoms with Gasteiger partial charge in [0.05, 0.1) is 11.4 Å². The topological polar surface area (TPSA) is 37.4 Å². The first-order valence-electron chi connectivity index (χ1n) is 5.02. The molecule has 0 aromatic rings. The van der Waals surface area contributed by atoms with E-state index >= 15 is 0 Å². The van der Waals surface area contributed by atoms with Gasteiger partial charge in [0, 0.05) is 13.5 Å². The van der Waals surface area contributed by atoms with Crippen LogP contribution in [0.1, 0.15) is 32.6 Å². The molecule has 1 saturated heterocycles. The van der Waals surface area contributed by atoms with E-state index in [1.165, 1.54) is 0 Å². The number of halogens is 1. The average Bonchev–Trinajstić information content (AvgIpc) is 2.41. The minimum absolute atomic E-state index is 0.0196. The molecule has 1 fully saturated rings. The van der Waals surface area contributed by atoms with Gasteiger partial charge < -0.3 is 4.90 Å². The van der Waals surface area contributed by atoms with Crippen LogP contribution in [0, 0.1) is 0 Å². The maximum absolute atomic E-state index is 11.6. The molecule has 0 radical (unpaired) electrons. The summed E-state index contributed by atoms with van der Waals surface area (Å²) in [5.41, 5.74) is 0. The predicted octanol–water partition coefficient (Wildman–Crippen LogP) is 1.74. The fourth-order valence-electron chi connectivity index (χ4n) is 1.91. The molecule has 80 valence electrons. The largest absolute Gasteiger partial charge is 0.333 e. The van der Waals surface area contributed by atoms with Crippen molar-refractivity contribution in [1.29, 1.82) is 0 Å². The summed E-state index contributed by atoms with van der Waals surface area (Å²) in [4.78, 5) is 24.7. The number of rotatable bonds is 2. The lowest BCUT2D eigenvalue weighted by Gasteiger charge is -2.27. The Morgan fingerprint density at radius 2 is 2.07 bits per heavy atom. The molecule has 0 N–H and O–H groups in total. The molecule has 0 aliphatic carbocycles. The van der Waals surface area contributed by atoms with E-state index < -0.39 is 0 Å². The van der Waals surface area contributed by atoms with Crippen LogP contribution in [-0.4, -0.2) is 34.5 Å². The van der Waals surface area contributed by atoms with Gasteiger partial charge in [-0.05, 0) is 12.8 Å².